The molecular weight excluding hydrogens is 494 g/mol. The van der Waals surface area contributed by atoms with E-state index in [-0.39, 0.29) is 30.2 Å². The number of phenolic OH excluding ortho intramolecular Hbond substituents is 1. The monoisotopic (exact) mass is 525 g/mol. The van der Waals surface area contributed by atoms with Gasteiger partial charge in [-0.1, -0.05) is 18.2 Å². The van der Waals surface area contributed by atoms with Gasteiger partial charge in [0, 0.05) is 41.9 Å². The van der Waals surface area contributed by atoms with E-state index in [4.69, 9.17) is 12.2 Å². The van der Waals surface area contributed by atoms with Gasteiger partial charge in [-0.2, -0.15) is 0 Å². The minimum atomic E-state index is -0.169. The number of carbonyl (C=O) groups is 1. The van der Waals surface area contributed by atoms with E-state index in [9.17, 15) is 9.90 Å². The molecule has 0 saturated carbocycles. The van der Waals surface area contributed by atoms with Crippen LogP contribution in [0.2, 0.25) is 0 Å². The summed E-state index contributed by atoms with van der Waals surface area (Å²) >= 11 is 5.80. The molecule has 2 atom stereocenters. The zero-order chi connectivity index (χ0) is 26.8. The molecule has 7 nitrogen and oxygen atoms in total. The Morgan fingerprint density at radius 1 is 1.05 bits per heavy atom. The zero-order valence-corrected chi connectivity index (χ0v) is 22.5. The van der Waals surface area contributed by atoms with Crippen molar-refractivity contribution in [2.24, 2.45) is 0 Å². The SMILES string of the molecule is Cc1cccc(NC(=O)CCN2C(=S)N[C@H](c3ccccn3)[C@H]2c2cc(C)n(-c3ccc(O)cc3)c2C)c1. The number of thiocarbonyl (C=S) groups is 1. The van der Waals surface area contributed by atoms with Crippen molar-refractivity contribution < 1.29 is 9.90 Å². The molecular formula is C30H31N5O2S. The molecule has 3 N–H and O–H groups in total. The summed E-state index contributed by atoms with van der Waals surface area (Å²) in [5.41, 5.74) is 6.99. The largest absolute Gasteiger partial charge is 0.508 e. The highest BCUT2D eigenvalue weighted by Gasteiger charge is 2.41. The molecule has 1 aliphatic rings. The van der Waals surface area contributed by atoms with Crippen LogP contribution >= 0.6 is 12.2 Å². The van der Waals surface area contributed by atoms with E-state index in [0.29, 0.717) is 11.7 Å². The van der Waals surface area contributed by atoms with Gasteiger partial charge in [0.2, 0.25) is 5.91 Å². The molecule has 1 aliphatic heterocycles. The highest BCUT2D eigenvalue weighted by Crippen LogP contribution is 2.41. The van der Waals surface area contributed by atoms with E-state index in [1.165, 1.54) is 0 Å². The second kappa shape index (κ2) is 10.7. The van der Waals surface area contributed by atoms with Gasteiger partial charge < -0.3 is 25.2 Å². The summed E-state index contributed by atoms with van der Waals surface area (Å²) in [5.74, 6) is 0.167. The third-order valence-electron chi connectivity index (χ3n) is 6.98. The maximum Gasteiger partial charge on any atom is 0.226 e. The number of aryl methyl sites for hydroxylation is 2. The van der Waals surface area contributed by atoms with Crippen LogP contribution in [0.4, 0.5) is 5.69 Å². The number of hydrogen-bond acceptors (Lipinski definition) is 4. The zero-order valence-electron chi connectivity index (χ0n) is 21.7. The van der Waals surface area contributed by atoms with Gasteiger partial charge in [-0.25, -0.2) is 0 Å². The van der Waals surface area contributed by atoms with Crippen LogP contribution in [0.5, 0.6) is 5.75 Å². The van der Waals surface area contributed by atoms with E-state index in [0.717, 1.165) is 39.6 Å². The summed E-state index contributed by atoms with van der Waals surface area (Å²) in [4.78, 5) is 19.6. The lowest BCUT2D eigenvalue weighted by molar-refractivity contribution is -0.116. The van der Waals surface area contributed by atoms with Crippen LogP contribution < -0.4 is 10.6 Å². The molecule has 2 aromatic carbocycles. The molecule has 8 heteroatoms. The van der Waals surface area contributed by atoms with Crippen molar-refractivity contribution in [2.45, 2.75) is 39.3 Å². The van der Waals surface area contributed by atoms with Gasteiger partial charge in [-0.15, -0.1) is 0 Å². The Labute approximate surface area is 228 Å². The summed E-state index contributed by atoms with van der Waals surface area (Å²) in [6.45, 7) is 6.62. The van der Waals surface area contributed by atoms with Gasteiger partial charge >= 0.3 is 0 Å². The molecule has 5 rings (SSSR count). The minimum absolute atomic E-state index is 0.0620. The molecule has 0 bridgehead atoms. The summed E-state index contributed by atoms with van der Waals surface area (Å²) in [5, 5.41) is 16.9. The Balaban J connectivity index is 1.46. The Kier molecular flexibility index (Phi) is 7.15. The number of amides is 1. The molecule has 4 aromatic rings. The van der Waals surface area contributed by atoms with Crippen LogP contribution in [0.3, 0.4) is 0 Å². The number of phenols is 1. The topological polar surface area (TPSA) is 82.4 Å². The smallest absolute Gasteiger partial charge is 0.226 e. The van der Waals surface area contributed by atoms with Crippen molar-refractivity contribution in [3.05, 3.63) is 107 Å². The minimum Gasteiger partial charge on any atom is -0.508 e. The van der Waals surface area contributed by atoms with Crippen molar-refractivity contribution in [1.29, 1.82) is 0 Å². The molecule has 1 saturated heterocycles. The van der Waals surface area contributed by atoms with Crippen molar-refractivity contribution >= 4 is 28.9 Å². The fourth-order valence-corrected chi connectivity index (χ4v) is 5.57. The lowest BCUT2D eigenvalue weighted by atomic mass is 9.96. The van der Waals surface area contributed by atoms with Gasteiger partial charge in [0.05, 0.1) is 17.8 Å². The number of rotatable bonds is 7. The number of nitrogens with one attached hydrogen (secondary N) is 2. The standard InChI is InChI=1S/C30H31N5O2S/c1-19-7-6-8-22(17-19)32-27(37)14-16-34-29(28(33-30(34)38)26-9-4-5-15-31-26)25-18-20(2)35(21(25)3)23-10-12-24(36)13-11-23/h4-13,15,17-18,28-29,36H,14,16H2,1-3H3,(H,32,37)(H,33,38)/t28-,29-/m1/s1. The third kappa shape index (κ3) is 5.13. The number of benzene rings is 2. The van der Waals surface area contributed by atoms with E-state index in [1.807, 2.05) is 61.5 Å². The number of anilines is 1. The van der Waals surface area contributed by atoms with Crippen molar-refractivity contribution in [3.8, 4) is 11.4 Å². The first-order chi connectivity index (χ1) is 18.3. The van der Waals surface area contributed by atoms with Crippen molar-refractivity contribution in [2.75, 3.05) is 11.9 Å². The molecule has 38 heavy (non-hydrogen) atoms. The summed E-state index contributed by atoms with van der Waals surface area (Å²) in [6.07, 6.45) is 2.08. The van der Waals surface area contributed by atoms with Gasteiger partial charge in [0.15, 0.2) is 5.11 Å². The van der Waals surface area contributed by atoms with Crippen LogP contribution in [0, 0.1) is 20.8 Å². The van der Waals surface area contributed by atoms with Crippen molar-refractivity contribution in [3.63, 3.8) is 0 Å². The number of nitrogens with zero attached hydrogens (tertiary/aromatic N) is 3. The molecule has 2 aromatic heterocycles. The summed E-state index contributed by atoms with van der Waals surface area (Å²) in [6, 6.07) is 22.7. The second-order valence-corrected chi connectivity index (χ2v) is 10.1. The first-order valence-corrected chi connectivity index (χ1v) is 13.1. The van der Waals surface area contributed by atoms with E-state index in [2.05, 4.69) is 45.0 Å². The number of hydrogen-bond donors (Lipinski definition) is 3. The Bertz CT molecular complexity index is 1470. The predicted octanol–water partition coefficient (Wildman–Crippen LogP) is 5.50. The first kappa shape index (κ1) is 25.5. The number of aromatic hydroxyl groups is 1. The number of aromatic nitrogens is 2. The Morgan fingerprint density at radius 3 is 2.55 bits per heavy atom. The van der Waals surface area contributed by atoms with Crippen molar-refractivity contribution in [1.82, 2.24) is 19.8 Å². The highest BCUT2D eigenvalue weighted by atomic mass is 32.1. The van der Waals surface area contributed by atoms with Gasteiger partial charge in [0.25, 0.3) is 0 Å². The summed E-state index contributed by atoms with van der Waals surface area (Å²) in [7, 11) is 0. The third-order valence-corrected chi connectivity index (χ3v) is 7.33. The molecule has 3 heterocycles. The van der Waals surface area contributed by atoms with Crippen LogP contribution in [0.25, 0.3) is 5.69 Å². The van der Waals surface area contributed by atoms with Crippen LogP contribution in [-0.4, -0.2) is 37.1 Å². The quantitative estimate of drug-likeness (QED) is 0.276. The number of carbonyl (C=O) groups excluding carboxylic acids is 1. The molecule has 1 fully saturated rings. The molecule has 1 amide bonds. The predicted molar refractivity (Wildman–Crippen MR) is 153 cm³/mol. The molecule has 0 unspecified atom stereocenters. The van der Waals surface area contributed by atoms with Gasteiger partial charge in [0.1, 0.15) is 5.75 Å². The molecule has 0 aliphatic carbocycles. The average molecular weight is 526 g/mol. The number of pyridine rings is 1. The molecule has 0 radical (unpaired) electrons. The van der Waals surface area contributed by atoms with Gasteiger partial charge in [-0.05, 0) is 98.7 Å². The van der Waals surface area contributed by atoms with Crippen LogP contribution in [-0.2, 0) is 4.79 Å². The molecule has 194 valence electrons. The fraction of sp³-hybridized carbons (Fsp3) is 0.233. The first-order valence-electron chi connectivity index (χ1n) is 12.6. The summed E-state index contributed by atoms with van der Waals surface area (Å²) < 4.78 is 2.17. The highest BCUT2D eigenvalue weighted by molar-refractivity contribution is 7.80. The van der Waals surface area contributed by atoms with Gasteiger partial charge in [-0.3, -0.25) is 9.78 Å². The van der Waals surface area contributed by atoms with Crippen LogP contribution in [0.15, 0.2) is 79.0 Å². The Morgan fingerprint density at radius 2 is 1.84 bits per heavy atom. The molecule has 0 spiro atoms. The lowest BCUT2D eigenvalue weighted by Gasteiger charge is -2.28. The van der Waals surface area contributed by atoms with E-state index >= 15 is 0 Å². The lowest BCUT2D eigenvalue weighted by Crippen LogP contribution is -2.32. The van der Waals surface area contributed by atoms with E-state index in [1.54, 1.807) is 18.3 Å². The maximum atomic E-state index is 12.9. The normalized spacial score (nSPS) is 16.9. The van der Waals surface area contributed by atoms with E-state index < -0.39 is 0 Å². The Hall–Kier alpha value is -4.17. The average Bonchev–Trinajstić information content (AvgIpc) is 3.38. The fourth-order valence-electron chi connectivity index (χ4n) is 5.24. The maximum absolute atomic E-state index is 12.9. The van der Waals surface area contributed by atoms with Crippen LogP contribution in [0.1, 0.15) is 46.7 Å². The second-order valence-electron chi connectivity index (χ2n) is 9.67.